The molecule has 1 aliphatic heterocycles. The normalized spacial score (nSPS) is 15.1. The summed E-state index contributed by atoms with van der Waals surface area (Å²) < 4.78 is 71.2. The maximum atomic E-state index is 13.4. The van der Waals surface area contributed by atoms with Crippen LogP contribution in [0, 0.1) is 11.6 Å². The molecule has 1 heterocycles. The highest BCUT2D eigenvalue weighted by atomic mass is 19.4. The van der Waals surface area contributed by atoms with E-state index >= 15 is 0 Å². The van der Waals surface area contributed by atoms with Crippen molar-refractivity contribution in [3.63, 3.8) is 0 Å². The molecular weight excluding hydrogens is 317 g/mol. The number of benzene rings is 2. The Bertz CT molecular complexity index is 755. The van der Waals surface area contributed by atoms with E-state index in [1.54, 1.807) is 18.2 Å². The predicted molar refractivity (Wildman–Crippen MR) is 73.5 cm³/mol. The van der Waals surface area contributed by atoms with Crippen LogP contribution in [0.3, 0.4) is 0 Å². The molecule has 23 heavy (non-hydrogen) atoms. The largest absolute Gasteiger partial charge is 0.487 e. The molecule has 3 rings (SSSR count). The van der Waals surface area contributed by atoms with Gasteiger partial charge in [-0.1, -0.05) is 30.3 Å². The molecule has 2 aromatic carbocycles. The average molecular weight is 327 g/mol. The summed E-state index contributed by atoms with van der Waals surface area (Å²) in [7, 11) is 0. The number of ether oxygens (including phenoxy) is 1. The minimum atomic E-state index is -4.66. The van der Waals surface area contributed by atoms with Crippen LogP contribution in [-0.2, 0) is 4.74 Å². The first-order valence-corrected chi connectivity index (χ1v) is 6.60. The molecule has 0 N–H and O–H groups in total. The highest BCUT2D eigenvalue weighted by Gasteiger charge is 2.44. The highest BCUT2D eigenvalue weighted by Crippen LogP contribution is 2.41. The SMILES string of the molecule is Fc1ccc(C2=C(c3ccccc3)N(C(F)(F)F)CO2)cc1F. The molecule has 0 bridgehead atoms. The molecule has 0 aromatic heterocycles. The van der Waals surface area contributed by atoms with Gasteiger partial charge in [-0.2, -0.15) is 0 Å². The lowest BCUT2D eigenvalue weighted by Crippen LogP contribution is -2.34. The number of alkyl halides is 3. The Morgan fingerprint density at radius 3 is 2.17 bits per heavy atom. The predicted octanol–water partition coefficient (Wildman–Crippen LogP) is 4.60. The highest BCUT2D eigenvalue weighted by molar-refractivity contribution is 5.88. The minimum Gasteiger partial charge on any atom is -0.470 e. The molecule has 1 aliphatic rings. The molecule has 0 saturated heterocycles. The summed E-state index contributed by atoms with van der Waals surface area (Å²) in [6, 6.07) is 10.6. The van der Waals surface area contributed by atoms with E-state index in [1.165, 1.54) is 18.2 Å². The zero-order valence-electron chi connectivity index (χ0n) is 11.6. The summed E-state index contributed by atoms with van der Waals surface area (Å²) in [5.74, 6) is -2.38. The van der Waals surface area contributed by atoms with Crippen LogP contribution < -0.4 is 0 Å². The molecule has 0 fully saturated rings. The van der Waals surface area contributed by atoms with E-state index in [2.05, 4.69) is 0 Å². The Kier molecular flexibility index (Phi) is 3.71. The van der Waals surface area contributed by atoms with Gasteiger partial charge in [0.05, 0.1) is 5.70 Å². The Morgan fingerprint density at radius 1 is 0.870 bits per heavy atom. The van der Waals surface area contributed by atoms with E-state index in [1.807, 2.05) is 0 Å². The third kappa shape index (κ3) is 2.86. The van der Waals surface area contributed by atoms with E-state index in [0.717, 1.165) is 12.1 Å². The van der Waals surface area contributed by atoms with Gasteiger partial charge in [0.25, 0.3) is 0 Å². The summed E-state index contributed by atoms with van der Waals surface area (Å²) in [5, 5.41) is 0. The number of rotatable bonds is 2. The first-order valence-electron chi connectivity index (χ1n) is 6.60. The molecule has 2 aromatic rings. The average Bonchev–Trinajstić information content (AvgIpc) is 2.96. The molecule has 2 nitrogen and oxygen atoms in total. The second-order valence-electron chi connectivity index (χ2n) is 4.84. The van der Waals surface area contributed by atoms with Crippen molar-refractivity contribution in [3.8, 4) is 0 Å². The summed E-state index contributed by atoms with van der Waals surface area (Å²) >= 11 is 0. The van der Waals surface area contributed by atoms with E-state index in [0.29, 0.717) is 0 Å². The fourth-order valence-electron chi connectivity index (χ4n) is 2.32. The van der Waals surface area contributed by atoms with E-state index in [9.17, 15) is 22.0 Å². The molecule has 7 heteroatoms. The summed E-state index contributed by atoms with van der Waals surface area (Å²) in [6.07, 6.45) is -4.66. The summed E-state index contributed by atoms with van der Waals surface area (Å²) in [6.45, 7) is -0.748. The van der Waals surface area contributed by atoms with Crippen molar-refractivity contribution in [1.29, 1.82) is 0 Å². The second kappa shape index (κ2) is 5.57. The van der Waals surface area contributed by atoms with Crippen LogP contribution in [-0.4, -0.2) is 17.9 Å². The van der Waals surface area contributed by atoms with Gasteiger partial charge in [0.1, 0.15) is 0 Å². The molecule has 0 aliphatic carbocycles. The fourth-order valence-corrected chi connectivity index (χ4v) is 2.32. The van der Waals surface area contributed by atoms with Gasteiger partial charge in [0, 0.05) is 11.1 Å². The Morgan fingerprint density at radius 2 is 1.57 bits per heavy atom. The number of nitrogens with zero attached hydrogens (tertiary/aromatic N) is 1. The molecule has 0 unspecified atom stereocenters. The van der Waals surface area contributed by atoms with Crippen molar-refractivity contribution in [2.45, 2.75) is 6.30 Å². The van der Waals surface area contributed by atoms with E-state index < -0.39 is 24.7 Å². The zero-order valence-corrected chi connectivity index (χ0v) is 11.6. The summed E-state index contributed by atoms with van der Waals surface area (Å²) in [5.41, 5.74) is 0.0701. The Hall–Kier alpha value is -2.57. The van der Waals surface area contributed by atoms with Gasteiger partial charge in [0.15, 0.2) is 24.1 Å². The summed E-state index contributed by atoms with van der Waals surface area (Å²) in [4.78, 5) is 0.124. The topological polar surface area (TPSA) is 12.5 Å². The lowest BCUT2D eigenvalue weighted by molar-refractivity contribution is -0.231. The second-order valence-corrected chi connectivity index (χ2v) is 4.84. The van der Waals surface area contributed by atoms with Gasteiger partial charge in [0.2, 0.25) is 0 Å². The third-order valence-corrected chi connectivity index (χ3v) is 3.36. The molecule has 120 valence electrons. The molecule has 0 saturated carbocycles. The van der Waals surface area contributed by atoms with Crippen LogP contribution in [0.4, 0.5) is 22.0 Å². The van der Waals surface area contributed by atoms with Crippen LogP contribution in [0.15, 0.2) is 48.5 Å². The number of halogens is 5. The van der Waals surface area contributed by atoms with Crippen molar-refractivity contribution in [2.24, 2.45) is 0 Å². The van der Waals surface area contributed by atoms with E-state index in [-0.39, 0.29) is 27.5 Å². The first kappa shape index (κ1) is 15.3. The van der Waals surface area contributed by atoms with Crippen LogP contribution in [0.2, 0.25) is 0 Å². The van der Waals surface area contributed by atoms with Crippen molar-refractivity contribution < 1.29 is 26.7 Å². The molecule has 0 amide bonds. The van der Waals surface area contributed by atoms with Gasteiger partial charge in [-0.15, -0.1) is 13.2 Å². The Labute approximate surface area is 128 Å². The van der Waals surface area contributed by atoms with Crippen LogP contribution in [0.5, 0.6) is 0 Å². The Balaban J connectivity index is 2.18. The maximum Gasteiger partial charge on any atom is 0.487 e. The van der Waals surface area contributed by atoms with Crippen molar-refractivity contribution in [3.05, 3.63) is 71.3 Å². The van der Waals surface area contributed by atoms with E-state index in [4.69, 9.17) is 4.74 Å². The minimum absolute atomic E-state index is 0.0366. The zero-order chi connectivity index (χ0) is 16.6. The molecule has 0 spiro atoms. The van der Waals surface area contributed by atoms with Crippen molar-refractivity contribution >= 4 is 11.5 Å². The lowest BCUT2D eigenvalue weighted by Gasteiger charge is -2.22. The monoisotopic (exact) mass is 327 g/mol. The molecular formula is C16H10F5NO. The number of hydrogen-bond acceptors (Lipinski definition) is 2. The van der Waals surface area contributed by atoms with Crippen LogP contribution in [0.25, 0.3) is 11.5 Å². The van der Waals surface area contributed by atoms with Crippen LogP contribution >= 0.6 is 0 Å². The quantitative estimate of drug-likeness (QED) is 0.590. The first-order chi connectivity index (χ1) is 10.9. The molecule has 0 atom stereocenters. The fraction of sp³-hybridized carbons (Fsp3) is 0.125. The number of hydrogen-bond donors (Lipinski definition) is 0. The van der Waals surface area contributed by atoms with Gasteiger partial charge in [-0.25, -0.2) is 13.7 Å². The van der Waals surface area contributed by atoms with Gasteiger partial charge >= 0.3 is 6.30 Å². The van der Waals surface area contributed by atoms with Crippen molar-refractivity contribution in [1.82, 2.24) is 4.90 Å². The third-order valence-electron chi connectivity index (χ3n) is 3.36. The van der Waals surface area contributed by atoms with Crippen LogP contribution in [0.1, 0.15) is 11.1 Å². The standard InChI is InChI=1S/C16H10F5NO/c17-12-7-6-11(8-13(12)18)15-14(10-4-2-1-3-5-10)22(9-23-15)16(19,20)21/h1-8H,9H2. The van der Waals surface area contributed by atoms with Gasteiger partial charge in [-0.3, -0.25) is 0 Å². The lowest BCUT2D eigenvalue weighted by atomic mass is 10.1. The smallest absolute Gasteiger partial charge is 0.470 e. The van der Waals surface area contributed by atoms with Gasteiger partial charge < -0.3 is 4.74 Å². The molecule has 0 radical (unpaired) electrons. The maximum absolute atomic E-state index is 13.4. The van der Waals surface area contributed by atoms with Gasteiger partial charge in [-0.05, 0) is 18.2 Å². The van der Waals surface area contributed by atoms with Crippen molar-refractivity contribution in [2.75, 3.05) is 6.73 Å².